The zero-order valence-corrected chi connectivity index (χ0v) is 12.4. The number of ether oxygens (including phenoxy) is 1. The molecule has 1 aliphatic rings. The number of nitrogens with zero attached hydrogens (tertiary/aromatic N) is 1. The Labute approximate surface area is 124 Å². The molecule has 1 unspecified atom stereocenters. The predicted molar refractivity (Wildman–Crippen MR) is 78.1 cm³/mol. The van der Waals surface area contributed by atoms with Gasteiger partial charge in [-0.2, -0.15) is 0 Å². The number of aromatic nitrogens is 1. The average Bonchev–Trinajstić information content (AvgIpc) is 2.97. The molecule has 114 valence electrons. The van der Waals surface area contributed by atoms with Crippen LogP contribution in [0.5, 0.6) is 0 Å². The molecule has 2 N–H and O–H groups in total. The Bertz CT molecular complexity index is 511. The number of amides is 2. The summed E-state index contributed by atoms with van der Waals surface area (Å²) in [5.74, 6) is -0.469. The van der Waals surface area contributed by atoms with Crippen molar-refractivity contribution in [1.82, 2.24) is 15.6 Å². The molecule has 0 spiro atoms. The Kier molecular flexibility index (Phi) is 5.27. The summed E-state index contributed by atoms with van der Waals surface area (Å²) >= 11 is 0. The molecule has 21 heavy (non-hydrogen) atoms. The van der Waals surface area contributed by atoms with Gasteiger partial charge in [0.2, 0.25) is 0 Å². The van der Waals surface area contributed by atoms with Crippen molar-refractivity contribution in [1.29, 1.82) is 0 Å². The number of carbonyl (C=O) groups excluding carboxylic acids is 2. The Morgan fingerprint density at radius 3 is 2.67 bits per heavy atom. The van der Waals surface area contributed by atoms with Gasteiger partial charge in [0.15, 0.2) is 0 Å². The average molecular weight is 291 g/mol. The molecule has 2 rings (SSSR count). The largest absolute Gasteiger partial charge is 0.376 e. The first kappa shape index (κ1) is 15.4. The molecular weight excluding hydrogens is 270 g/mol. The maximum atomic E-state index is 12.1. The second kappa shape index (κ2) is 7.17. The Hall–Kier alpha value is -1.95. The minimum atomic E-state index is -0.239. The highest BCUT2D eigenvalue weighted by molar-refractivity contribution is 5.99. The quantitative estimate of drug-likeness (QED) is 0.852. The Morgan fingerprint density at radius 1 is 1.33 bits per heavy atom. The van der Waals surface area contributed by atoms with Crippen molar-refractivity contribution in [2.75, 3.05) is 13.2 Å². The molecule has 1 fully saturated rings. The molecule has 1 atom stereocenters. The highest BCUT2D eigenvalue weighted by Crippen LogP contribution is 2.11. The first-order valence-corrected chi connectivity index (χ1v) is 7.22. The van der Waals surface area contributed by atoms with E-state index in [0.717, 1.165) is 19.4 Å². The van der Waals surface area contributed by atoms with Gasteiger partial charge in [0.05, 0.1) is 17.2 Å². The lowest BCUT2D eigenvalue weighted by molar-refractivity contribution is 0.0857. The number of hydrogen-bond acceptors (Lipinski definition) is 4. The van der Waals surface area contributed by atoms with Crippen LogP contribution in [-0.4, -0.2) is 42.1 Å². The van der Waals surface area contributed by atoms with Crippen LogP contribution in [0.1, 0.15) is 47.4 Å². The summed E-state index contributed by atoms with van der Waals surface area (Å²) in [4.78, 5) is 27.9. The van der Waals surface area contributed by atoms with E-state index in [1.165, 1.54) is 12.4 Å². The standard InChI is InChI=1S/C15H21N3O3/c1-10(2)18-15(20)12-6-11(7-16-8-12)14(19)17-9-13-4-3-5-21-13/h6-8,10,13H,3-5,9H2,1-2H3,(H,17,19)(H,18,20). The number of carbonyl (C=O) groups is 2. The lowest BCUT2D eigenvalue weighted by Gasteiger charge is -2.11. The van der Waals surface area contributed by atoms with Gasteiger partial charge in [-0.3, -0.25) is 14.6 Å². The van der Waals surface area contributed by atoms with Crippen LogP contribution in [0.4, 0.5) is 0 Å². The van der Waals surface area contributed by atoms with Crippen molar-refractivity contribution < 1.29 is 14.3 Å². The summed E-state index contributed by atoms with van der Waals surface area (Å²) in [5, 5.41) is 5.58. The molecule has 0 radical (unpaired) electrons. The monoisotopic (exact) mass is 291 g/mol. The molecule has 0 bridgehead atoms. The first-order chi connectivity index (χ1) is 10.1. The third-order valence-corrected chi connectivity index (χ3v) is 3.20. The van der Waals surface area contributed by atoms with Gasteiger partial charge >= 0.3 is 0 Å². The van der Waals surface area contributed by atoms with Crippen LogP contribution >= 0.6 is 0 Å². The summed E-state index contributed by atoms with van der Waals surface area (Å²) in [6.45, 7) is 5.00. The molecule has 0 aromatic carbocycles. The smallest absolute Gasteiger partial charge is 0.253 e. The lowest BCUT2D eigenvalue weighted by atomic mass is 10.1. The maximum Gasteiger partial charge on any atom is 0.253 e. The molecule has 0 aliphatic carbocycles. The van der Waals surface area contributed by atoms with E-state index in [2.05, 4.69) is 15.6 Å². The van der Waals surface area contributed by atoms with Crippen LogP contribution in [0.15, 0.2) is 18.5 Å². The molecule has 2 heterocycles. The van der Waals surface area contributed by atoms with Gasteiger partial charge in [-0.15, -0.1) is 0 Å². The van der Waals surface area contributed by atoms with Gasteiger partial charge in [-0.25, -0.2) is 0 Å². The van der Waals surface area contributed by atoms with E-state index in [1.54, 1.807) is 6.07 Å². The number of pyridine rings is 1. The molecule has 1 aromatic heterocycles. The van der Waals surface area contributed by atoms with Gasteiger partial charge < -0.3 is 15.4 Å². The number of hydrogen-bond donors (Lipinski definition) is 2. The van der Waals surface area contributed by atoms with E-state index in [4.69, 9.17) is 4.74 Å². The maximum absolute atomic E-state index is 12.1. The zero-order valence-electron chi connectivity index (χ0n) is 12.4. The van der Waals surface area contributed by atoms with Crippen molar-refractivity contribution in [3.63, 3.8) is 0 Å². The molecule has 1 saturated heterocycles. The highest BCUT2D eigenvalue weighted by atomic mass is 16.5. The molecule has 0 saturated carbocycles. The van der Waals surface area contributed by atoms with Gasteiger partial charge in [-0.1, -0.05) is 0 Å². The fourth-order valence-electron chi connectivity index (χ4n) is 2.15. The second-order valence-electron chi connectivity index (χ2n) is 5.44. The van der Waals surface area contributed by atoms with E-state index in [-0.39, 0.29) is 24.0 Å². The fraction of sp³-hybridized carbons (Fsp3) is 0.533. The minimum absolute atomic E-state index is 0.0366. The summed E-state index contributed by atoms with van der Waals surface area (Å²) in [7, 11) is 0. The van der Waals surface area contributed by atoms with Crippen LogP contribution in [0.2, 0.25) is 0 Å². The van der Waals surface area contributed by atoms with E-state index in [9.17, 15) is 9.59 Å². The van der Waals surface area contributed by atoms with Gasteiger partial charge in [-0.05, 0) is 32.8 Å². The van der Waals surface area contributed by atoms with Crippen LogP contribution in [0.3, 0.4) is 0 Å². The molecule has 1 aliphatic heterocycles. The summed E-state index contributed by atoms with van der Waals surface area (Å²) in [6, 6.07) is 1.59. The van der Waals surface area contributed by atoms with Crippen molar-refractivity contribution in [3.8, 4) is 0 Å². The number of nitrogens with one attached hydrogen (secondary N) is 2. The van der Waals surface area contributed by atoms with Crippen molar-refractivity contribution in [2.45, 2.75) is 38.8 Å². The van der Waals surface area contributed by atoms with E-state index < -0.39 is 0 Å². The number of rotatable bonds is 5. The van der Waals surface area contributed by atoms with Crippen molar-refractivity contribution in [2.24, 2.45) is 0 Å². The summed E-state index contributed by atoms with van der Waals surface area (Å²) in [5.41, 5.74) is 0.762. The van der Waals surface area contributed by atoms with Gasteiger partial charge in [0.1, 0.15) is 0 Å². The van der Waals surface area contributed by atoms with Crippen LogP contribution in [0.25, 0.3) is 0 Å². The van der Waals surface area contributed by atoms with Crippen LogP contribution in [0, 0.1) is 0 Å². The first-order valence-electron chi connectivity index (χ1n) is 7.22. The molecule has 6 heteroatoms. The van der Waals surface area contributed by atoms with Gasteiger partial charge in [0, 0.05) is 31.6 Å². The molecule has 1 aromatic rings. The normalized spacial score (nSPS) is 17.8. The molecular formula is C15H21N3O3. The fourth-order valence-corrected chi connectivity index (χ4v) is 2.15. The van der Waals surface area contributed by atoms with Gasteiger partial charge in [0.25, 0.3) is 11.8 Å². The van der Waals surface area contributed by atoms with Crippen LogP contribution < -0.4 is 10.6 Å². The zero-order chi connectivity index (χ0) is 15.2. The summed E-state index contributed by atoms with van der Waals surface area (Å²) < 4.78 is 5.45. The van der Waals surface area contributed by atoms with Crippen molar-refractivity contribution in [3.05, 3.63) is 29.6 Å². The van der Waals surface area contributed by atoms with E-state index in [1.807, 2.05) is 13.8 Å². The Balaban J connectivity index is 1.95. The summed E-state index contributed by atoms with van der Waals surface area (Å²) in [6.07, 6.45) is 5.00. The third kappa shape index (κ3) is 4.53. The van der Waals surface area contributed by atoms with E-state index in [0.29, 0.717) is 17.7 Å². The topological polar surface area (TPSA) is 80.3 Å². The highest BCUT2D eigenvalue weighted by Gasteiger charge is 2.17. The van der Waals surface area contributed by atoms with E-state index >= 15 is 0 Å². The van der Waals surface area contributed by atoms with Crippen molar-refractivity contribution >= 4 is 11.8 Å². The SMILES string of the molecule is CC(C)NC(=O)c1cncc(C(=O)NCC2CCCO2)c1. The predicted octanol–water partition coefficient (Wildman–Crippen LogP) is 1.13. The lowest BCUT2D eigenvalue weighted by Crippen LogP contribution is -2.33. The molecule has 2 amide bonds. The van der Waals surface area contributed by atoms with Crippen LogP contribution in [-0.2, 0) is 4.74 Å². The molecule has 6 nitrogen and oxygen atoms in total. The minimum Gasteiger partial charge on any atom is -0.376 e. The third-order valence-electron chi connectivity index (χ3n) is 3.20. The Morgan fingerprint density at radius 2 is 2.05 bits per heavy atom. The second-order valence-corrected chi connectivity index (χ2v) is 5.44.